The lowest BCUT2D eigenvalue weighted by molar-refractivity contribution is 0.121. The number of rotatable bonds is 8. The van der Waals surface area contributed by atoms with Crippen LogP contribution in [-0.2, 0) is 0 Å². The second-order valence-corrected chi connectivity index (χ2v) is 4.63. The smallest absolute Gasteiger partial charge is 0.0639 e. The number of hydrogen-bond donors (Lipinski definition) is 3. The molecule has 1 aliphatic carbocycles. The third-order valence-electron chi connectivity index (χ3n) is 2.58. The van der Waals surface area contributed by atoms with Gasteiger partial charge in [0, 0.05) is 32.2 Å². The molecule has 0 aromatic rings. The second kappa shape index (κ2) is 6.43. The highest BCUT2D eigenvalue weighted by atomic mass is 16.3. The molecule has 0 spiro atoms. The van der Waals surface area contributed by atoms with Crippen molar-refractivity contribution in [3.8, 4) is 0 Å². The van der Waals surface area contributed by atoms with Gasteiger partial charge in [0.05, 0.1) is 12.2 Å². The first-order valence-corrected chi connectivity index (χ1v) is 5.90. The summed E-state index contributed by atoms with van der Waals surface area (Å²) in [5.41, 5.74) is 0. The minimum Gasteiger partial charge on any atom is -0.392 e. The van der Waals surface area contributed by atoms with E-state index in [0.717, 1.165) is 19.6 Å². The van der Waals surface area contributed by atoms with Crippen molar-refractivity contribution in [2.24, 2.45) is 0 Å². The first kappa shape index (κ1) is 12.9. The molecule has 90 valence electrons. The molecule has 0 heterocycles. The van der Waals surface area contributed by atoms with Crippen molar-refractivity contribution in [2.45, 2.75) is 44.9 Å². The molecule has 0 amide bonds. The maximum atomic E-state index is 9.34. The molecule has 0 saturated heterocycles. The summed E-state index contributed by atoms with van der Waals surface area (Å²) in [6, 6.07) is 0.688. The SMILES string of the molecule is CC(O)CNCCN(CC(C)O)C1CC1. The molecule has 1 aliphatic rings. The first-order chi connectivity index (χ1) is 7.09. The van der Waals surface area contributed by atoms with Gasteiger partial charge in [0.25, 0.3) is 0 Å². The molecule has 3 N–H and O–H groups in total. The van der Waals surface area contributed by atoms with Gasteiger partial charge in [0.2, 0.25) is 0 Å². The normalized spacial score (nSPS) is 20.6. The van der Waals surface area contributed by atoms with Crippen LogP contribution in [0.5, 0.6) is 0 Å². The zero-order chi connectivity index (χ0) is 11.3. The second-order valence-electron chi connectivity index (χ2n) is 4.63. The Morgan fingerprint density at radius 2 is 1.93 bits per heavy atom. The Balaban J connectivity index is 2.09. The summed E-state index contributed by atoms with van der Waals surface area (Å²) in [7, 11) is 0. The highest BCUT2D eigenvalue weighted by Gasteiger charge is 2.28. The molecule has 1 rings (SSSR count). The summed E-state index contributed by atoms with van der Waals surface area (Å²) in [5.74, 6) is 0. The van der Waals surface area contributed by atoms with Gasteiger partial charge in [-0.05, 0) is 26.7 Å². The Morgan fingerprint density at radius 1 is 1.27 bits per heavy atom. The molecule has 4 nitrogen and oxygen atoms in total. The first-order valence-electron chi connectivity index (χ1n) is 5.90. The number of aliphatic hydroxyl groups is 2. The van der Waals surface area contributed by atoms with Crippen molar-refractivity contribution >= 4 is 0 Å². The van der Waals surface area contributed by atoms with Crippen molar-refractivity contribution in [3.05, 3.63) is 0 Å². The van der Waals surface area contributed by atoms with Crippen LogP contribution in [0.3, 0.4) is 0 Å². The molecule has 2 unspecified atom stereocenters. The molecule has 15 heavy (non-hydrogen) atoms. The van der Waals surface area contributed by atoms with Gasteiger partial charge in [-0.15, -0.1) is 0 Å². The van der Waals surface area contributed by atoms with Gasteiger partial charge in [-0.2, -0.15) is 0 Å². The number of hydrogen-bond acceptors (Lipinski definition) is 4. The lowest BCUT2D eigenvalue weighted by Crippen LogP contribution is -2.39. The molecule has 4 heteroatoms. The fourth-order valence-corrected chi connectivity index (χ4v) is 1.74. The Kier molecular flexibility index (Phi) is 5.53. The van der Waals surface area contributed by atoms with E-state index >= 15 is 0 Å². The summed E-state index contributed by atoms with van der Waals surface area (Å²) in [6.45, 7) is 6.87. The van der Waals surface area contributed by atoms with Crippen LogP contribution >= 0.6 is 0 Å². The van der Waals surface area contributed by atoms with Crippen LogP contribution in [0.15, 0.2) is 0 Å². The van der Waals surface area contributed by atoms with E-state index in [0.29, 0.717) is 12.6 Å². The van der Waals surface area contributed by atoms with Crippen LogP contribution in [0.25, 0.3) is 0 Å². The summed E-state index contributed by atoms with van der Waals surface area (Å²) < 4.78 is 0. The number of nitrogens with one attached hydrogen (secondary N) is 1. The zero-order valence-corrected chi connectivity index (χ0v) is 9.82. The molecular weight excluding hydrogens is 192 g/mol. The predicted octanol–water partition coefficient (Wildman–Crippen LogP) is -0.198. The topological polar surface area (TPSA) is 55.7 Å². The molecule has 0 radical (unpaired) electrons. The standard InChI is InChI=1S/C11H24N2O2/c1-9(14)7-12-5-6-13(8-10(2)15)11-3-4-11/h9-12,14-15H,3-8H2,1-2H3. The van der Waals surface area contributed by atoms with E-state index in [9.17, 15) is 5.11 Å². The Hall–Kier alpha value is -0.160. The fourth-order valence-electron chi connectivity index (χ4n) is 1.74. The molecule has 0 aliphatic heterocycles. The van der Waals surface area contributed by atoms with Crippen LogP contribution < -0.4 is 5.32 Å². The molecule has 1 fully saturated rings. The lowest BCUT2D eigenvalue weighted by Gasteiger charge is -2.23. The van der Waals surface area contributed by atoms with Crippen molar-refractivity contribution in [1.82, 2.24) is 10.2 Å². The summed E-state index contributed by atoms with van der Waals surface area (Å²) >= 11 is 0. The van der Waals surface area contributed by atoms with Gasteiger partial charge in [0.1, 0.15) is 0 Å². The van der Waals surface area contributed by atoms with Crippen LogP contribution in [0.4, 0.5) is 0 Å². The molecule has 0 aromatic heterocycles. The van der Waals surface area contributed by atoms with Crippen molar-refractivity contribution in [1.29, 1.82) is 0 Å². The van der Waals surface area contributed by atoms with Crippen molar-refractivity contribution < 1.29 is 10.2 Å². The average Bonchev–Trinajstić information content (AvgIpc) is 2.92. The van der Waals surface area contributed by atoms with E-state index in [2.05, 4.69) is 10.2 Å². The van der Waals surface area contributed by atoms with Gasteiger partial charge < -0.3 is 15.5 Å². The number of aliphatic hydroxyl groups excluding tert-OH is 2. The van der Waals surface area contributed by atoms with E-state index in [4.69, 9.17) is 5.11 Å². The van der Waals surface area contributed by atoms with Gasteiger partial charge in [-0.1, -0.05) is 0 Å². The van der Waals surface area contributed by atoms with Gasteiger partial charge >= 0.3 is 0 Å². The summed E-state index contributed by atoms with van der Waals surface area (Å²) in [5, 5.41) is 21.6. The van der Waals surface area contributed by atoms with Crippen LogP contribution in [0, 0.1) is 0 Å². The van der Waals surface area contributed by atoms with Gasteiger partial charge in [0.15, 0.2) is 0 Å². The molecule has 1 saturated carbocycles. The Morgan fingerprint density at radius 3 is 2.40 bits per heavy atom. The van der Waals surface area contributed by atoms with Crippen LogP contribution in [0.2, 0.25) is 0 Å². The van der Waals surface area contributed by atoms with E-state index in [1.54, 1.807) is 6.92 Å². The maximum absolute atomic E-state index is 9.34. The number of nitrogens with zero attached hydrogens (tertiary/aromatic N) is 1. The molecule has 2 atom stereocenters. The van der Waals surface area contributed by atoms with Crippen LogP contribution in [-0.4, -0.2) is 59.5 Å². The molecule has 0 bridgehead atoms. The lowest BCUT2D eigenvalue weighted by atomic mass is 10.3. The molecular formula is C11H24N2O2. The summed E-state index contributed by atoms with van der Waals surface area (Å²) in [6.07, 6.45) is 2.00. The van der Waals surface area contributed by atoms with E-state index in [1.807, 2.05) is 6.92 Å². The fraction of sp³-hybridized carbons (Fsp3) is 1.00. The Bertz CT molecular complexity index is 170. The third-order valence-corrected chi connectivity index (χ3v) is 2.58. The minimum absolute atomic E-state index is 0.248. The monoisotopic (exact) mass is 216 g/mol. The minimum atomic E-state index is -0.281. The largest absolute Gasteiger partial charge is 0.392 e. The molecule has 0 aromatic carbocycles. The van der Waals surface area contributed by atoms with E-state index in [-0.39, 0.29) is 12.2 Å². The Labute approximate surface area is 92.3 Å². The van der Waals surface area contributed by atoms with Gasteiger partial charge in [-0.25, -0.2) is 0 Å². The average molecular weight is 216 g/mol. The van der Waals surface area contributed by atoms with E-state index < -0.39 is 0 Å². The quantitative estimate of drug-likeness (QED) is 0.492. The van der Waals surface area contributed by atoms with Crippen LogP contribution in [0.1, 0.15) is 26.7 Å². The van der Waals surface area contributed by atoms with E-state index in [1.165, 1.54) is 12.8 Å². The highest BCUT2D eigenvalue weighted by molar-refractivity contribution is 4.85. The summed E-state index contributed by atoms with van der Waals surface area (Å²) in [4.78, 5) is 2.33. The zero-order valence-electron chi connectivity index (χ0n) is 9.82. The van der Waals surface area contributed by atoms with Crippen molar-refractivity contribution in [3.63, 3.8) is 0 Å². The van der Waals surface area contributed by atoms with Gasteiger partial charge in [-0.3, -0.25) is 4.90 Å². The predicted molar refractivity (Wildman–Crippen MR) is 60.8 cm³/mol. The van der Waals surface area contributed by atoms with Crippen molar-refractivity contribution in [2.75, 3.05) is 26.2 Å². The highest BCUT2D eigenvalue weighted by Crippen LogP contribution is 2.26. The third kappa shape index (κ3) is 6.10. The maximum Gasteiger partial charge on any atom is 0.0639 e.